The summed E-state index contributed by atoms with van der Waals surface area (Å²) in [6.07, 6.45) is 2.06. The maximum absolute atomic E-state index is 12.8. The van der Waals surface area contributed by atoms with Crippen LogP contribution in [0.4, 0.5) is 10.5 Å². The number of rotatable bonds is 6. The van der Waals surface area contributed by atoms with Crippen molar-refractivity contribution in [2.24, 2.45) is 0 Å². The Labute approximate surface area is 165 Å². The molecule has 0 saturated carbocycles. The van der Waals surface area contributed by atoms with Crippen LogP contribution in [0.2, 0.25) is 0 Å². The highest BCUT2D eigenvalue weighted by molar-refractivity contribution is 6.04. The van der Waals surface area contributed by atoms with Gasteiger partial charge in [0.1, 0.15) is 12.4 Å². The average molecular weight is 381 g/mol. The second-order valence-electron chi connectivity index (χ2n) is 7.04. The quantitative estimate of drug-likeness (QED) is 0.749. The van der Waals surface area contributed by atoms with Gasteiger partial charge in [-0.1, -0.05) is 24.3 Å². The molecule has 1 saturated heterocycles. The molecule has 6 heteroatoms. The molecule has 0 radical (unpaired) electrons. The molecule has 148 valence electrons. The van der Waals surface area contributed by atoms with Crippen molar-refractivity contribution in [2.75, 3.05) is 31.6 Å². The molecule has 3 rings (SSSR count). The molecule has 6 nitrogen and oxygen atoms in total. The third-order valence-corrected chi connectivity index (χ3v) is 4.78. The fraction of sp³-hybridized carbons (Fsp3) is 0.364. The van der Waals surface area contributed by atoms with Crippen molar-refractivity contribution >= 4 is 17.6 Å². The van der Waals surface area contributed by atoms with Crippen LogP contribution in [0, 0.1) is 13.8 Å². The first kappa shape index (κ1) is 19.7. The first-order valence-corrected chi connectivity index (χ1v) is 9.68. The maximum atomic E-state index is 12.8. The number of urea groups is 1. The van der Waals surface area contributed by atoms with Gasteiger partial charge in [0.15, 0.2) is 0 Å². The zero-order chi connectivity index (χ0) is 19.9. The molecule has 1 aliphatic heterocycles. The minimum absolute atomic E-state index is 0.0284. The number of carbonyl (C=O) groups excluding carboxylic acids is 2. The van der Waals surface area contributed by atoms with Crippen LogP contribution in [-0.2, 0) is 0 Å². The molecule has 2 N–H and O–H groups in total. The summed E-state index contributed by atoms with van der Waals surface area (Å²) in [4.78, 5) is 26.9. The van der Waals surface area contributed by atoms with Gasteiger partial charge in [-0.25, -0.2) is 4.79 Å². The van der Waals surface area contributed by atoms with Crippen molar-refractivity contribution in [3.63, 3.8) is 0 Å². The zero-order valence-electron chi connectivity index (χ0n) is 16.5. The Balaban J connectivity index is 1.55. The smallest absolute Gasteiger partial charge is 0.319 e. The van der Waals surface area contributed by atoms with E-state index in [9.17, 15) is 9.59 Å². The molecule has 1 heterocycles. The summed E-state index contributed by atoms with van der Waals surface area (Å²) in [6.45, 7) is 6.16. The number of para-hydroxylation sites is 1. The van der Waals surface area contributed by atoms with Crippen LogP contribution in [0.25, 0.3) is 0 Å². The Hall–Kier alpha value is -3.02. The summed E-state index contributed by atoms with van der Waals surface area (Å²) in [7, 11) is 0. The highest BCUT2D eigenvalue weighted by Gasteiger charge is 2.23. The van der Waals surface area contributed by atoms with E-state index < -0.39 is 0 Å². The van der Waals surface area contributed by atoms with E-state index in [0.717, 1.165) is 42.8 Å². The van der Waals surface area contributed by atoms with E-state index in [1.165, 1.54) is 0 Å². The molecule has 0 aliphatic carbocycles. The fourth-order valence-electron chi connectivity index (χ4n) is 3.30. The summed E-state index contributed by atoms with van der Waals surface area (Å²) >= 11 is 0. The average Bonchev–Trinajstić information content (AvgIpc) is 3.21. The topological polar surface area (TPSA) is 70.7 Å². The summed E-state index contributed by atoms with van der Waals surface area (Å²) in [5, 5.41) is 5.62. The number of carbonyl (C=O) groups is 2. The van der Waals surface area contributed by atoms with Gasteiger partial charge in [-0.3, -0.25) is 4.79 Å². The molecule has 0 aromatic heterocycles. The highest BCUT2D eigenvalue weighted by atomic mass is 16.5. The van der Waals surface area contributed by atoms with Crippen LogP contribution < -0.4 is 15.4 Å². The Morgan fingerprint density at radius 3 is 2.57 bits per heavy atom. The Morgan fingerprint density at radius 1 is 1.07 bits per heavy atom. The van der Waals surface area contributed by atoms with E-state index >= 15 is 0 Å². The van der Waals surface area contributed by atoms with Gasteiger partial charge in [-0.15, -0.1) is 0 Å². The number of aryl methyl sites for hydroxylation is 2. The first-order chi connectivity index (χ1) is 13.5. The number of amides is 3. The molecule has 28 heavy (non-hydrogen) atoms. The van der Waals surface area contributed by atoms with Gasteiger partial charge < -0.3 is 20.3 Å². The normalized spacial score (nSPS) is 13.3. The van der Waals surface area contributed by atoms with Crippen molar-refractivity contribution in [1.82, 2.24) is 10.2 Å². The van der Waals surface area contributed by atoms with Crippen molar-refractivity contribution in [1.29, 1.82) is 0 Å². The second kappa shape index (κ2) is 9.26. The van der Waals surface area contributed by atoms with Gasteiger partial charge in [-0.2, -0.15) is 0 Å². The molecule has 1 fully saturated rings. The fourth-order valence-corrected chi connectivity index (χ4v) is 3.30. The lowest BCUT2D eigenvalue weighted by Gasteiger charge is -2.19. The van der Waals surface area contributed by atoms with Crippen LogP contribution in [0.3, 0.4) is 0 Å². The standard InChI is InChI=1S/C22H27N3O3/c1-16-7-5-9-18(15-16)28-14-11-23-22(27)24-20-17(2)8-6-10-19(20)21(26)25-12-3-4-13-25/h5-10,15H,3-4,11-14H2,1-2H3,(H2,23,24,27). The van der Waals surface area contributed by atoms with Gasteiger partial charge >= 0.3 is 6.03 Å². The van der Waals surface area contributed by atoms with E-state index in [-0.39, 0.29) is 11.9 Å². The minimum Gasteiger partial charge on any atom is -0.492 e. The molecule has 0 spiro atoms. The van der Waals surface area contributed by atoms with Crippen molar-refractivity contribution in [3.8, 4) is 5.75 Å². The van der Waals surface area contributed by atoms with E-state index in [2.05, 4.69) is 10.6 Å². The third-order valence-electron chi connectivity index (χ3n) is 4.78. The highest BCUT2D eigenvalue weighted by Crippen LogP contribution is 2.23. The molecule has 0 unspecified atom stereocenters. The van der Waals surface area contributed by atoms with Crippen LogP contribution in [0.1, 0.15) is 34.3 Å². The predicted octanol–water partition coefficient (Wildman–Crippen LogP) is 3.74. The van der Waals surface area contributed by atoms with Gasteiger partial charge in [-0.05, 0) is 56.0 Å². The number of hydrogen-bond acceptors (Lipinski definition) is 3. The van der Waals surface area contributed by atoms with Crippen LogP contribution in [-0.4, -0.2) is 43.1 Å². The lowest BCUT2D eigenvalue weighted by Crippen LogP contribution is -2.34. The molecule has 2 aromatic carbocycles. The van der Waals surface area contributed by atoms with Gasteiger partial charge in [0.05, 0.1) is 17.8 Å². The SMILES string of the molecule is Cc1cccc(OCCNC(=O)Nc2c(C)cccc2C(=O)N2CCCC2)c1. The summed E-state index contributed by atoms with van der Waals surface area (Å²) < 4.78 is 5.64. The predicted molar refractivity (Wildman–Crippen MR) is 110 cm³/mol. The van der Waals surface area contributed by atoms with E-state index in [1.807, 2.05) is 55.1 Å². The Kier molecular flexibility index (Phi) is 6.53. The number of nitrogens with zero attached hydrogens (tertiary/aromatic N) is 1. The number of nitrogens with one attached hydrogen (secondary N) is 2. The van der Waals surface area contributed by atoms with Crippen LogP contribution in [0.15, 0.2) is 42.5 Å². The number of anilines is 1. The van der Waals surface area contributed by atoms with E-state index in [4.69, 9.17) is 4.74 Å². The number of hydrogen-bond donors (Lipinski definition) is 2. The Bertz CT molecular complexity index is 845. The largest absolute Gasteiger partial charge is 0.492 e. The van der Waals surface area contributed by atoms with Crippen LogP contribution in [0.5, 0.6) is 5.75 Å². The molecule has 1 aliphatic rings. The van der Waals surface area contributed by atoms with Gasteiger partial charge in [0.2, 0.25) is 0 Å². The second-order valence-corrected chi connectivity index (χ2v) is 7.04. The molecule has 0 bridgehead atoms. The maximum Gasteiger partial charge on any atom is 0.319 e. The van der Waals surface area contributed by atoms with E-state index in [0.29, 0.717) is 24.4 Å². The van der Waals surface area contributed by atoms with Gasteiger partial charge in [0.25, 0.3) is 5.91 Å². The molecule has 2 aromatic rings. The zero-order valence-corrected chi connectivity index (χ0v) is 16.5. The summed E-state index contributed by atoms with van der Waals surface area (Å²) in [5.74, 6) is 0.749. The van der Waals surface area contributed by atoms with Crippen molar-refractivity contribution in [2.45, 2.75) is 26.7 Å². The first-order valence-electron chi connectivity index (χ1n) is 9.68. The monoisotopic (exact) mass is 381 g/mol. The summed E-state index contributed by atoms with van der Waals surface area (Å²) in [5.41, 5.74) is 3.08. The van der Waals surface area contributed by atoms with E-state index in [1.54, 1.807) is 6.07 Å². The molecular formula is C22H27N3O3. The van der Waals surface area contributed by atoms with Gasteiger partial charge in [0, 0.05) is 13.1 Å². The molecular weight excluding hydrogens is 354 g/mol. The lowest BCUT2D eigenvalue weighted by molar-refractivity contribution is 0.0793. The number of ether oxygens (including phenoxy) is 1. The number of likely N-dealkylation sites (tertiary alicyclic amines) is 1. The number of benzene rings is 2. The van der Waals surface area contributed by atoms with Crippen molar-refractivity contribution < 1.29 is 14.3 Å². The van der Waals surface area contributed by atoms with Crippen molar-refractivity contribution in [3.05, 3.63) is 59.2 Å². The lowest BCUT2D eigenvalue weighted by atomic mass is 10.1. The van der Waals surface area contributed by atoms with Crippen LogP contribution >= 0.6 is 0 Å². The molecule has 3 amide bonds. The Morgan fingerprint density at radius 2 is 1.82 bits per heavy atom. The third kappa shape index (κ3) is 5.03. The molecule has 0 atom stereocenters. The minimum atomic E-state index is -0.349. The summed E-state index contributed by atoms with van der Waals surface area (Å²) in [6, 6.07) is 12.9.